The van der Waals surface area contributed by atoms with Crippen LogP contribution in [0.2, 0.25) is 0 Å². The van der Waals surface area contributed by atoms with Gasteiger partial charge in [0.05, 0.1) is 17.8 Å². The summed E-state index contributed by atoms with van der Waals surface area (Å²) in [5.74, 6) is -1.75. The maximum absolute atomic E-state index is 11.5. The molecule has 0 aromatic heterocycles. The van der Waals surface area contributed by atoms with Gasteiger partial charge in [0.1, 0.15) is 0 Å². The van der Waals surface area contributed by atoms with Crippen LogP contribution in [0.15, 0.2) is 11.5 Å². The fourth-order valence-corrected chi connectivity index (χ4v) is 2.60. The van der Waals surface area contributed by atoms with E-state index in [-0.39, 0.29) is 18.6 Å². The van der Waals surface area contributed by atoms with E-state index in [0.717, 1.165) is 5.41 Å². The Morgan fingerprint density at radius 3 is 2.65 bits per heavy atom. The highest BCUT2D eigenvalue weighted by Gasteiger charge is 2.25. The van der Waals surface area contributed by atoms with Crippen LogP contribution < -0.4 is 11.1 Å². The van der Waals surface area contributed by atoms with Gasteiger partial charge in [0, 0.05) is 11.8 Å². The van der Waals surface area contributed by atoms with Gasteiger partial charge in [-0.2, -0.15) is 0 Å². The van der Waals surface area contributed by atoms with Crippen molar-refractivity contribution in [1.82, 2.24) is 5.32 Å². The van der Waals surface area contributed by atoms with E-state index in [1.165, 1.54) is 6.08 Å². The zero-order valence-corrected chi connectivity index (χ0v) is 9.81. The van der Waals surface area contributed by atoms with Gasteiger partial charge < -0.3 is 16.2 Å². The predicted octanol–water partition coefficient (Wildman–Crippen LogP) is -1.39. The van der Waals surface area contributed by atoms with Crippen molar-refractivity contribution in [2.24, 2.45) is 5.73 Å². The lowest BCUT2D eigenvalue weighted by Gasteiger charge is -2.14. The number of carboxylic acid groups (broad SMARTS) is 1. The second kappa shape index (κ2) is 5.28. The highest BCUT2D eigenvalue weighted by Crippen LogP contribution is 2.08. The molecule has 0 aliphatic carbocycles. The summed E-state index contributed by atoms with van der Waals surface area (Å²) in [6, 6.07) is -1.52. The quantitative estimate of drug-likeness (QED) is 0.559. The average Bonchev–Trinajstić information content (AvgIpc) is 2.54. The first-order valence-corrected chi connectivity index (χ1v) is 6.70. The maximum Gasteiger partial charge on any atom is 0.303 e. The molecule has 0 bridgehead atoms. The van der Waals surface area contributed by atoms with Crippen molar-refractivity contribution < 1.29 is 23.1 Å². The third kappa shape index (κ3) is 4.53. The lowest BCUT2D eigenvalue weighted by atomic mass is 10.1. The molecule has 96 valence electrons. The lowest BCUT2D eigenvalue weighted by Crippen LogP contribution is -2.45. The SMILES string of the molecule is NC(CCC(=O)O)C(=O)NC1C=CS(=O)(=O)C1. The maximum atomic E-state index is 11.5. The second-order valence-corrected chi connectivity index (χ2v) is 5.74. The lowest BCUT2D eigenvalue weighted by molar-refractivity contribution is -0.137. The summed E-state index contributed by atoms with van der Waals surface area (Å²) < 4.78 is 22.1. The molecule has 1 rings (SSSR count). The molecule has 1 amide bonds. The summed E-state index contributed by atoms with van der Waals surface area (Å²) in [4.78, 5) is 21.7. The molecule has 1 aliphatic heterocycles. The van der Waals surface area contributed by atoms with Crippen LogP contribution in [0.1, 0.15) is 12.8 Å². The van der Waals surface area contributed by atoms with Crippen LogP contribution in [-0.2, 0) is 19.4 Å². The molecule has 0 spiro atoms. The third-order valence-electron chi connectivity index (χ3n) is 2.26. The molecule has 1 aliphatic rings. The third-order valence-corrected chi connectivity index (χ3v) is 3.66. The molecule has 0 radical (unpaired) electrons. The number of rotatable bonds is 5. The zero-order valence-electron chi connectivity index (χ0n) is 9.00. The van der Waals surface area contributed by atoms with Crippen LogP contribution in [-0.4, -0.2) is 43.2 Å². The van der Waals surface area contributed by atoms with Crippen LogP contribution in [0.4, 0.5) is 0 Å². The second-order valence-electron chi connectivity index (χ2n) is 3.81. The summed E-state index contributed by atoms with van der Waals surface area (Å²) in [5.41, 5.74) is 5.46. The van der Waals surface area contributed by atoms with E-state index in [9.17, 15) is 18.0 Å². The van der Waals surface area contributed by atoms with Crippen LogP contribution in [0, 0.1) is 0 Å². The smallest absolute Gasteiger partial charge is 0.303 e. The van der Waals surface area contributed by atoms with Gasteiger partial charge in [-0.05, 0) is 12.5 Å². The molecule has 4 N–H and O–H groups in total. The molecule has 0 saturated heterocycles. The molecular formula is C9H14N2O5S. The number of aliphatic carboxylic acids is 1. The Bertz CT molecular complexity index is 442. The molecule has 17 heavy (non-hydrogen) atoms. The first-order valence-electron chi connectivity index (χ1n) is 4.99. The number of carbonyl (C=O) groups excluding carboxylic acids is 1. The molecule has 0 aromatic carbocycles. The van der Waals surface area contributed by atoms with Gasteiger partial charge in [-0.15, -0.1) is 0 Å². The van der Waals surface area contributed by atoms with Crippen molar-refractivity contribution in [1.29, 1.82) is 0 Å². The van der Waals surface area contributed by atoms with Gasteiger partial charge in [0.2, 0.25) is 5.91 Å². The highest BCUT2D eigenvalue weighted by molar-refractivity contribution is 7.94. The molecule has 0 fully saturated rings. The summed E-state index contributed by atoms with van der Waals surface area (Å²) in [5, 5.41) is 11.9. The highest BCUT2D eigenvalue weighted by atomic mass is 32.2. The van der Waals surface area contributed by atoms with Crippen LogP contribution in [0.5, 0.6) is 0 Å². The molecule has 2 atom stereocenters. The minimum absolute atomic E-state index is 0.0182. The number of nitrogens with two attached hydrogens (primary N) is 1. The number of carbonyl (C=O) groups is 2. The zero-order chi connectivity index (χ0) is 13.1. The number of nitrogens with one attached hydrogen (secondary N) is 1. The normalized spacial score (nSPS) is 23.2. The Morgan fingerprint density at radius 2 is 2.18 bits per heavy atom. The first-order chi connectivity index (χ1) is 7.80. The van der Waals surface area contributed by atoms with Gasteiger partial charge in [0.15, 0.2) is 9.84 Å². The van der Waals surface area contributed by atoms with Crippen molar-refractivity contribution in [3.05, 3.63) is 11.5 Å². The summed E-state index contributed by atoms with van der Waals surface area (Å²) in [6.45, 7) is 0. The number of amides is 1. The van der Waals surface area contributed by atoms with Crippen LogP contribution in [0.25, 0.3) is 0 Å². The topological polar surface area (TPSA) is 127 Å². The number of hydrogen-bond donors (Lipinski definition) is 3. The fraction of sp³-hybridized carbons (Fsp3) is 0.556. The van der Waals surface area contributed by atoms with Gasteiger partial charge in [-0.3, -0.25) is 9.59 Å². The molecular weight excluding hydrogens is 248 g/mol. The number of sulfone groups is 1. The molecule has 2 unspecified atom stereocenters. The predicted molar refractivity (Wildman–Crippen MR) is 59.7 cm³/mol. The number of carboxylic acids is 1. The van der Waals surface area contributed by atoms with Gasteiger partial charge in [-0.1, -0.05) is 0 Å². The Hall–Kier alpha value is -1.41. The Morgan fingerprint density at radius 1 is 1.53 bits per heavy atom. The van der Waals surface area contributed by atoms with Crippen molar-refractivity contribution >= 4 is 21.7 Å². The van der Waals surface area contributed by atoms with E-state index in [4.69, 9.17) is 10.8 Å². The first kappa shape index (κ1) is 13.7. The van der Waals surface area contributed by atoms with E-state index >= 15 is 0 Å². The van der Waals surface area contributed by atoms with Crippen molar-refractivity contribution in [2.45, 2.75) is 24.9 Å². The van der Waals surface area contributed by atoms with Crippen molar-refractivity contribution in [3.8, 4) is 0 Å². The monoisotopic (exact) mass is 262 g/mol. The molecule has 0 saturated carbocycles. The van der Waals surface area contributed by atoms with E-state index in [0.29, 0.717) is 0 Å². The van der Waals surface area contributed by atoms with E-state index < -0.39 is 33.8 Å². The summed E-state index contributed by atoms with van der Waals surface area (Å²) in [7, 11) is -3.22. The minimum Gasteiger partial charge on any atom is -0.481 e. The van der Waals surface area contributed by atoms with E-state index in [1.54, 1.807) is 0 Å². The molecule has 0 aromatic rings. The van der Waals surface area contributed by atoms with Gasteiger partial charge in [0.25, 0.3) is 0 Å². The van der Waals surface area contributed by atoms with Crippen molar-refractivity contribution in [3.63, 3.8) is 0 Å². The number of hydrogen-bond acceptors (Lipinski definition) is 5. The van der Waals surface area contributed by atoms with Crippen LogP contribution >= 0.6 is 0 Å². The molecule has 1 heterocycles. The Labute approximate surface area is 98.6 Å². The standard InChI is InChI=1S/C9H14N2O5S/c10-7(1-2-8(12)13)9(14)11-6-3-4-17(15,16)5-6/h3-4,6-7H,1-2,5,10H2,(H,11,14)(H,12,13). The summed E-state index contributed by atoms with van der Waals surface area (Å²) in [6.07, 6.45) is 1.19. The fourth-order valence-electron chi connectivity index (χ4n) is 1.37. The molecule has 8 heteroatoms. The van der Waals surface area contributed by atoms with Gasteiger partial charge in [-0.25, -0.2) is 8.42 Å². The van der Waals surface area contributed by atoms with Gasteiger partial charge >= 0.3 is 5.97 Å². The van der Waals surface area contributed by atoms with E-state index in [2.05, 4.69) is 5.32 Å². The molecule has 7 nitrogen and oxygen atoms in total. The Kier molecular flexibility index (Phi) is 4.24. The largest absolute Gasteiger partial charge is 0.481 e. The minimum atomic E-state index is -3.22. The summed E-state index contributed by atoms with van der Waals surface area (Å²) >= 11 is 0. The van der Waals surface area contributed by atoms with E-state index in [1.807, 2.05) is 0 Å². The van der Waals surface area contributed by atoms with Crippen molar-refractivity contribution in [2.75, 3.05) is 5.75 Å². The average molecular weight is 262 g/mol. The Balaban J connectivity index is 2.40. The van der Waals surface area contributed by atoms with Crippen LogP contribution in [0.3, 0.4) is 0 Å².